The molecule has 0 unspecified atom stereocenters. The number of hydrogen-bond donors (Lipinski definition) is 30. The maximum absolute atomic E-state index is 14.8. The summed E-state index contributed by atoms with van der Waals surface area (Å²) in [6.07, 6.45) is -0.679. The third-order valence-electron chi connectivity index (χ3n) is 22.2. The second-order valence-electron chi connectivity index (χ2n) is 33.7. The maximum atomic E-state index is 14.8. The molecule has 1 fully saturated rings. The number of aromatic hydroxyl groups is 1. The lowest BCUT2D eigenvalue weighted by atomic mass is 10.0. The molecule has 0 bridgehead atoms. The molecule has 0 spiro atoms. The van der Waals surface area contributed by atoms with E-state index in [9.17, 15) is 121 Å². The minimum atomic E-state index is -1.76. The first-order chi connectivity index (χ1) is 65.9. The predicted octanol–water partition coefficient (Wildman–Crippen LogP) is -6.63. The fraction of sp³-hybridized carbons (Fsp3) is 0.511. The number of aliphatic carboxylic acids is 3. The van der Waals surface area contributed by atoms with Crippen molar-refractivity contribution in [1.82, 2.24) is 105 Å². The molecule has 49 nitrogen and oxygen atoms in total. The summed E-state index contributed by atoms with van der Waals surface area (Å²) in [6.45, 7) is 3.56. The number of aromatic nitrogens is 2. The Bertz CT molecular complexity index is 5170. The van der Waals surface area contributed by atoms with Crippen molar-refractivity contribution >= 4 is 171 Å². The molecule has 760 valence electrons. The lowest BCUT2D eigenvalue weighted by Crippen LogP contribution is -2.61. The average molecular weight is 1980 g/mol. The lowest BCUT2D eigenvalue weighted by molar-refractivity contribution is -0.142. The Morgan fingerprint density at radius 1 is 0.439 bits per heavy atom. The van der Waals surface area contributed by atoms with Crippen molar-refractivity contribution in [3.63, 3.8) is 0 Å². The summed E-state index contributed by atoms with van der Waals surface area (Å²) in [5, 5.41) is 99.5. The van der Waals surface area contributed by atoms with E-state index in [4.69, 9.17) is 22.6 Å². The van der Waals surface area contributed by atoms with Gasteiger partial charge in [-0.15, -0.1) is 0 Å². The van der Waals surface area contributed by atoms with Crippen molar-refractivity contribution in [3.05, 3.63) is 102 Å². The van der Waals surface area contributed by atoms with E-state index in [1.54, 1.807) is 74.8 Å². The molecule has 1 aliphatic rings. The number of H-pyrrole nitrogens is 2. The number of nitrogens with one attached hydrogen (secondary N) is 20. The van der Waals surface area contributed by atoms with Gasteiger partial charge in [0.2, 0.25) is 100 Å². The minimum Gasteiger partial charge on any atom is -0.508 e. The number of carboxylic acids is 3. The lowest BCUT2D eigenvalue weighted by Gasteiger charge is -2.30. The molecular formula is C88H126N24O25S2. The van der Waals surface area contributed by atoms with Crippen LogP contribution in [0.5, 0.6) is 5.75 Å². The molecule has 139 heavy (non-hydrogen) atoms. The van der Waals surface area contributed by atoms with Crippen LogP contribution in [0.1, 0.15) is 122 Å². The molecule has 0 radical (unpaired) electrons. The summed E-state index contributed by atoms with van der Waals surface area (Å²) in [7, 11) is 0. The monoisotopic (exact) mass is 1980 g/mol. The number of nitrogens with zero attached hydrogens (tertiary/aromatic N) is 1. The number of carbonyl (C=O) groups is 20. The van der Waals surface area contributed by atoms with Gasteiger partial charge < -0.3 is 148 Å². The summed E-state index contributed by atoms with van der Waals surface area (Å²) in [5.41, 5.74) is 19.7. The second kappa shape index (κ2) is 57.1. The number of para-hydroxylation sites is 2. The third kappa shape index (κ3) is 37.7. The van der Waals surface area contributed by atoms with Gasteiger partial charge in [0.05, 0.1) is 38.3 Å². The van der Waals surface area contributed by atoms with Crippen LogP contribution >= 0.6 is 25.3 Å². The maximum Gasteiger partial charge on any atom is 0.322 e. The average Bonchev–Trinajstić information content (AvgIpc) is 1.67. The summed E-state index contributed by atoms with van der Waals surface area (Å²) in [6, 6.07) is -0.132. The van der Waals surface area contributed by atoms with Gasteiger partial charge in [-0.2, -0.15) is 25.3 Å². The Morgan fingerprint density at radius 2 is 0.863 bits per heavy atom. The smallest absolute Gasteiger partial charge is 0.322 e. The predicted molar refractivity (Wildman–Crippen MR) is 507 cm³/mol. The molecule has 31 N–H and O–H groups in total. The Morgan fingerprint density at radius 3 is 1.37 bits per heavy atom. The zero-order valence-electron chi connectivity index (χ0n) is 77.3. The van der Waals surface area contributed by atoms with Crippen molar-refractivity contribution in [3.8, 4) is 5.75 Å². The number of nitrogens with two attached hydrogens (primary N) is 3. The topological polar surface area (TPSA) is 784 Å². The highest BCUT2D eigenvalue weighted by molar-refractivity contribution is 7.80. The highest BCUT2D eigenvalue weighted by Crippen LogP contribution is 2.25. The van der Waals surface area contributed by atoms with E-state index in [2.05, 4.69) is 126 Å². The number of aromatic amines is 2. The van der Waals surface area contributed by atoms with E-state index < -0.39 is 279 Å². The van der Waals surface area contributed by atoms with Crippen LogP contribution in [0.4, 0.5) is 0 Å². The molecule has 3 aromatic carbocycles. The second-order valence-corrected chi connectivity index (χ2v) is 34.4. The van der Waals surface area contributed by atoms with Crippen molar-refractivity contribution in [2.75, 3.05) is 63.9 Å². The zero-order valence-corrected chi connectivity index (χ0v) is 79.1. The van der Waals surface area contributed by atoms with Gasteiger partial charge in [0.15, 0.2) is 5.96 Å². The number of guanidine groups is 1. The SMILES string of the molecule is CC(C)[C@H](N)C(=O)N[C@H](C(=O)N[C@@H](CS)C(=O)N[C@@H](Cc1c[nH]c2ccccc12)C(=O)N1CCC[C@H]1C(=O)NCC(=O)N[C@@H](CCC(=O)O)C(=O)N[C@@H](Cc1ccc(O)cc1)C(=O)NCC(=O)NCC(=O)N[C@H](C(=O)N[C@@H](CCC(=O)O)C(=O)N[C@@H](CS)C(=O)N[C@@H](Cc1c[nH]c2ccccc12)C(=O)NCC(=O)N[C@@H](CCCNC(=N)N)C(=O)N[C@@H](CCCCN)C(=O)NCC(=O)O)C(C)C)[C@@H](C)O. The number of benzene rings is 3. The normalized spacial score (nSPS) is 15.1. The van der Waals surface area contributed by atoms with Gasteiger partial charge in [-0.05, 0) is 124 Å². The zero-order chi connectivity index (χ0) is 103. The van der Waals surface area contributed by atoms with Gasteiger partial charge in [-0.3, -0.25) is 101 Å². The molecule has 1 saturated heterocycles. The van der Waals surface area contributed by atoms with Crippen LogP contribution < -0.4 is 108 Å². The van der Waals surface area contributed by atoms with Crippen molar-refractivity contribution in [1.29, 1.82) is 5.41 Å². The fourth-order valence-electron chi connectivity index (χ4n) is 14.5. The van der Waals surface area contributed by atoms with E-state index in [1.807, 2.05) is 0 Å². The van der Waals surface area contributed by atoms with Crippen LogP contribution in [0, 0.1) is 17.2 Å². The number of likely N-dealkylation sites (tertiary alicyclic amines) is 1. The molecule has 0 aliphatic carbocycles. The number of fused-ring (bicyclic) bond motifs is 2. The number of phenols is 1. The number of aliphatic hydroxyl groups excluding tert-OH is 1. The van der Waals surface area contributed by atoms with Crippen LogP contribution in [0.2, 0.25) is 0 Å². The minimum absolute atomic E-state index is 0.0223. The van der Waals surface area contributed by atoms with E-state index >= 15 is 0 Å². The van der Waals surface area contributed by atoms with Gasteiger partial charge in [0, 0.05) is 90.9 Å². The van der Waals surface area contributed by atoms with Crippen LogP contribution in [0.15, 0.2) is 85.2 Å². The number of carboxylic acid groups (broad SMARTS) is 3. The highest BCUT2D eigenvalue weighted by Gasteiger charge is 2.42. The van der Waals surface area contributed by atoms with E-state index in [1.165, 1.54) is 49.9 Å². The van der Waals surface area contributed by atoms with Gasteiger partial charge >= 0.3 is 17.9 Å². The molecule has 6 rings (SSSR count). The number of hydrogen-bond acceptors (Lipinski definition) is 27. The van der Waals surface area contributed by atoms with E-state index in [0.717, 1.165) is 0 Å². The first-order valence-corrected chi connectivity index (χ1v) is 46.1. The largest absolute Gasteiger partial charge is 0.508 e. The molecule has 5 aromatic rings. The van der Waals surface area contributed by atoms with Gasteiger partial charge in [0.25, 0.3) is 0 Å². The highest BCUT2D eigenvalue weighted by atomic mass is 32.1. The fourth-order valence-corrected chi connectivity index (χ4v) is 15.1. The molecule has 1 aliphatic heterocycles. The van der Waals surface area contributed by atoms with Crippen LogP contribution in [0.25, 0.3) is 21.8 Å². The Labute approximate surface area is 809 Å². The number of carbonyl (C=O) groups excluding carboxylic acids is 17. The standard InChI is InChI=1S/C88H126N24O25S2/c1-44(2)72(90)84(134)111-74(46(5)113)86(136)109-63(43-139)82(132)107-61(34-49-36-95-54-17-9-7-15-52(49)54)87(137)112-31-13-20-64(112)83(133)99-40-67(117)102-57(25-27-69(119)120)79(129)105-59(32-47-21-23-50(114)24-22-47)76(126)97-37-65(115)96-38-68(118)110-73(45(3)4)85(135)104-58(26-28-70(121)122)80(130)108-62(42-138)81(131)106-60(33-48-35-94-53-16-8-6-14-51(48)53)77(127)98-39-66(116)101-56(19-12-30-93-88(91)92)78(128)103-55(18-10-11-29-89)75(125)100-41-71(123)124/h6-9,14-17,21-24,35-36,44-46,55-64,72-74,94-95,113-114,138-139H,10-13,18-20,25-34,37-43,89-90H2,1-5H3,(H,96,115)(H,97,126)(H,98,127)(H,99,133)(H,100,125)(H,101,116)(H,102,117)(H,103,128)(H,104,135)(H,105,129)(H,106,131)(H,107,132)(H,108,130)(H,109,136)(H,110,118)(H,111,134)(H,119,120)(H,121,122)(H,123,124)(H4,91,92,93)/t46-,55+,56+,57+,58+,59+,60+,61+,62+,63+,64+,72+,73+,74+/m1/s1. The molecule has 14 atom stereocenters. The number of aliphatic hydroxyl groups is 1. The van der Waals surface area contributed by atoms with Gasteiger partial charge in [0.1, 0.15) is 84.8 Å². The third-order valence-corrected chi connectivity index (χ3v) is 22.9. The molecule has 17 amide bonds. The summed E-state index contributed by atoms with van der Waals surface area (Å²) in [5.74, 6) is -23.3. The number of phenolic OH excluding ortho intramolecular Hbond substituents is 1. The Hall–Kier alpha value is -14.2. The van der Waals surface area contributed by atoms with Gasteiger partial charge in [-0.25, -0.2) is 0 Å². The van der Waals surface area contributed by atoms with Crippen molar-refractivity contribution < 1.29 is 121 Å². The van der Waals surface area contributed by atoms with Gasteiger partial charge in [-0.1, -0.05) is 76.2 Å². The quantitative estimate of drug-likeness (QED) is 0.00745. The van der Waals surface area contributed by atoms with E-state index in [-0.39, 0.29) is 88.4 Å². The molecular weight excluding hydrogens is 1860 g/mol. The molecule has 2 aromatic heterocycles. The Balaban J connectivity index is 1.08. The molecule has 51 heteroatoms. The van der Waals surface area contributed by atoms with E-state index in [0.29, 0.717) is 51.3 Å². The van der Waals surface area contributed by atoms with Crippen LogP contribution in [-0.2, 0) is 115 Å². The summed E-state index contributed by atoms with van der Waals surface area (Å²) < 4.78 is 0. The molecule has 0 saturated carbocycles. The number of thiol groups is 2. The first kappa shape index (κ1) is 114. The number of unbranched alkanes of at least 4 members (excludes halogenated alkanes) is 1. The first-order valence-electron chi connectivity index (χ1n) is 44.9. The number of rotatable bonds is 59. The van der Waals surface area contributed by atoms with Crippen molar-refractivity contribution in [2.45, 2.75) is 209 Å². The Kier molecular flexibility index (Phi) is 46.6. The summed E-state index contributed by atoms with van der Waals surface area (Å²) >= 11 is 8.55. The van der Waals surface area contributed by atoms with Crippen LogP contribution in [-0.4, -0.2) is 313 Å². The number of amides is 17. The molecule has 3 heterocycles. The summed E-state index contributed by atoms with van der Waals surface area (Å²) in [4.78, 5) is 279. The van der Waals surface area contributed by atoms with Crippen LogP contribution in [0.3, 0.4) is 0 Å². The van der Waals surface area contributed by atoms with Crippen molar-refractivity contribution in [2.24, 2.45) is 29.0 Å².